The molecule has 0 fully saturated rings. The molecule has 100 valence electrons. The third-order valence-electron chi connectivity index (χ3n) is 0.734. The summed E-state index contributed by atoms with van der Waals surface area (Å²) in [5.74, 6) is 0. The Bertz CT molecular complexity index is 76.2. The van der Waals surface area contributed by atoms with Gasteiger partial charge in [-0.25, -0.2) is 0 Å². The van der Waals surface area contributed by atoms with E-state index in [2.05, 4.69) is 7.42 Å². The quantitative estimate of drug-likeness (QED) is 0.215. The van der Waals surface area contributed by atoms with Crippen molar-refractivity contribution in [3.8, 4) is 0 Å². The van der Waals surface area contributed by atoms with Gasteiger partial charge in [-0.15, -0.1) is 0 Å². The van der Waals surface area contributed by atoms with E-state index in [-0.39, 0.29) is 91.9 Å². The van der Waals surface area contributed by atoms with Crippen LogP contribution in [0.15, 0.2) is 0 Å². The van der Waals surface area contributed by atoms with Gasteiger partial charge in [-0.3, -0.25) is 10.5 Å². The van der Waals surface area contributed by atoms with Crippen molar-refractivity contribution >= 4 is 34.9 Å². The molecule has 9 nitrogen and oxygen atoms in total. The largest absolute Gasteiger partial charge is 1.00 e. The molecule has 0 aromatic carbocycles. The van der Waals surface area contributed by atoms with E-state index in [1.807, 2.05) is 20.4 Å². The molecule has 0 saturated carbocycles. The van der Waals surface area contributed by atoms with Gasteiger partial charge in [-0.2, -0.15) is 0 Å². The van der Waals surface area contributed by atoms with Crippen molar-refractivity contribution in [1.82, 2.24) is 0 Å². The Morgan fingerprint density at radius 1 is 1.06 bits per heavy atom. The molecular weight excluding hydrogens is 325 g/mol. The zero-order valence-electron chi connectivity index (χ0n) is 11.0. The summed E-state index contributed by atoms with van der Waals surface area (Å²) in [5, 5.41) is 20.0. The van der Waals surface area contributed by atoms with Crippen LogP contribution in [-0.2, 0) is 10.9 Å². The zero-order chi connectivity index (χ0) is 11.1. The van der Waals surface area contributed by atoms with Gasteiger partial charge in [0.25, 0.3) is 0 Å². The molecule has 1 atom stereocenters. The predicted molar refractivity (Wildman–Crippen MR) is 58.7 cm³/mol. The van der Waals surface area contributed by atoms with E-state index in [1.165, 1.54) is 0 Å². The molecular formula is C3H20AlKNaO9Si2-. The topological polar surface area (TPSA) is 169 Å². The molecule has 0 bridgehead atoms. The van der Waals surface area contributed by atoms with Crippen LogP contribution in [0.3, 0.4) is 0 Å². The van der Waals surface area contributed by atoms with Crippen molar-refractivity contribution in [2.45, 2.75) is 20.4 Å². The Morgan fingerprint density at radius 2 is 1.41 bits per heavy atom. The van der Waals surface area contributed by atoms with Crippen LogP contribution in [0.1, 0.15) is 13.8 Å². The minimum atomic E-state index is -2.61. The smallest absolute Gasteiger partial charge is 0.870 e. The fourth-order valence-corrected chi connectivity index (χ4v) is 4.43. The van der Waals surface area contributed by atoms with Gasteiger partial charge in [0, 0.05) is 0 Å². The number of hydrogen-bond donors (Lipinski definition) is 4. The van der Waals surface area contributed by atoms with Crippen molar-refractivity contribution < 1.29 is 123 Å². The van der Waals surface area contributed by atoms with Crippen LogP contribution in [0.2, 0.25) is 6.55 Å². The van der Waals surface area contributed by atoms with Gasteiger partial charge in [-0.05, 0) is 0 Å². The van der Waals surface area contributed by atoms with E-state index in [0.717, 1.165) is 0 Å². The molecule has 0 radical (unpaired) electrons. The Hall–Kier alpha value is 3.24. The van der Waals surface area contributed by atoms with Gasteiger partial charge in [0.2, 0.25) is 10.0 Å². The van der Waals surface area contributed by atoms with Gasteiger partial charge in [-0.1, -0.05) is 20.4 Å². The summed E-state index contributed by atoms with van der Waals surface area (Å²) in [6.07, 6.45) is 0. The number of rotatable bonds is 5. The summed E-state index contributed by atoms with van der Waals surface area (Å²) >= 11 is -2.61. The van der Waals surface area contributed by atoms with Crippen molar-refractivity contribution in [2.24, 2.45) is 0 Å². The normalized spacial score (nSPS) is 9.35. The Kier molecular flexibility index (Phi) is 127. The Morgan fingerprint density at radius 3 is 1.59 bits per heavy atom. The van der Waals surface area contributed by atoms with E-state index in [0.29, 0.717) is 0 Å². The van der Waals surface area contributed by atoms with E-state index >= 15 is 0 Å². The fourth-order valence-electron chi connectivity index (χ4n) is 0.375. The summed E-state index contributed by atoms with van der Waals surface area (Å²) in [4.78, 5) is 8.30. The fraction of sp³-hybridized carbons (Fsp3) is 1.00. The Labute approximate surface area is 175 Å². The summed E-state index contributed by atoms with van der Waals surface area (Å²) < 4.78 is 13.4. The van der Waals surface area contributed by atoms with Crippen LogP contribution in [-0.4, -0.2) is 66.4 Å². The molecule has 0 aliphatic rings. The van der Waals surface area contributed by atoms with Crippen LogP contribution in [0.4, 0.5) is 0 Å². The third-order valence-corrected chi connectivity index (χ3v) is 5.97. The van der Waals surface area contributed by atoms with Crippen LogP contribution >= 0.6 is 0 Å². The summed E-state index contributed by atoms with van der Waals surface area (Å²) in [6.45, 7) is 5.90. The predicted octanol–water partition coefficient (Wildman–Crippen LogP) is -7.95. The van der Waals surface area contributed by atoms with Crippen LogP contribution < -0.4 is 80.9 Å². The standard InChI is InChI=1S/C2H6.CH5OSi.Al.K.Na.H3O2Si.2H2O2.2H2O.H/c1-2;1-3-2;;;;1-3-2;2*1-2;;;/h1-2H3;3H2,1H3;;;;1H,3H2;2*1-2H;2*1H2;/q;-1;+2;2*+1;-1;;;;;/p-3. The third kappa shape index (κ3) is 45.3. The van der Waals surface area contributed by atoms with Crippen molar-refractivity contribution in [2.75, 3.05) is 0 Å². The monoisotopic (exact) mass is 345 g/mol. The molecule has 14 heteroatoms. The number of hydrogen-bond acceptors (Lipinski definition) is 9. The molecule has 0 rings (SSSR count). The molecule has 0 aliphatic carbocycles. The maximum atomic E-state index is 8.30. The average Bonchev–Trinajstić information content (AvgIpc) is 2.23. The first-order valence-electron chi connectivity index (χ1n) is 3.85. The molecule has 17 heavy (non-hydrogen) atoms. The van der Waals surface area contributed by atoms with E-state index < -0.39 is 34.9 Å². The summed E-state index contributed by atoms with van der Waals surface area (Å²) in [5.41, 5.74) is 0. The van der Waals surface area contributed by atoms with Gasteiger partial charge < -0.3 is 31.9 Å². The maximum absolute atomic E-state index is 8.30. The second kappa shape index (κ2) is 50.7. The van der Waals surface area contributed by atoms with Crippen molar-refractivity contribution in [3.63, 3.8) is 0 Å². The van der Waals surface area contributed by atoms with E-state index in [4.69, 9.17) is 24.0 Å². The Balaban J connectivity index is -0.0000000227. The molecule has 0 aromatic heterocycles. The van der Waals surface area contributed by atoms with Gasteiger partial charge in [0.1, 0.15) is 0 Å². The summed E-state index contributed by atoms with van der Waals surface area (Å²) in [6, 6.07) is 0. The first-order valence-corrected chi connectivity index (χ1v) is 8.78. The second-order valence-electron chi connectivity index (χ2n) is 1.31. The molecule has 0 saturated heterocycles. The molecule has 0 aliphatic heterocycles. The van der Waals surface area contributed by atoms with Crippen LogP contribution in [0.25, 0.3) is 0 Å². The molecule has 0 aromatic rings. The molecule has 1 unspecified atom stereocenters. The minimum Gasteiger partial charge on any atom is -0.870 e. The van der Waals surface area contributed by atoms with Gasteiger partial charge in [0.05, 0.1) is 9.76 Å². The maximum Gasteiger partial charge on any atom is 1.00 e. The van der Waals surface area contributed by atoms with Crippen molar-refractivity contribution in [3.05, 3.63) is 0 Å². The second-order valence-corrected chi connectivity index (χ2v) is 6.38. The molecule has 6 N–H and O–H groups in total. The van der Waals surface area contributed by atoms with Crippen molar-refractivity contribution in [1.29, 1.82) is 0 Å². The van der Waals surface area contributed by atoms with Gasteiger partial charge >= 0.3 is 96.1 Å². The van der Waals surface area contributed by atoms with E-state index in [9.17, 15) is 0 Å². The molecule has 0 spiro atoms. The first kappa shape index (κ1) is 42.7. The van der Waals surface area contributed by atoms with E-state index in [1.54, 1.807) is 0 Å². The summed E-state index contributed by atoms with van der Waals surface area (Å²) in [7, 11) is -2.06. The van der Waals surface area contributed by atoms with Gasteiger partial charge in [0.15, 0.2) is 0 Å². The zero-order valence-corrected chi connectivity index (χ0v) is 20.4. The first-order chi connectivity index (χ1) is 6.35. The molecule has 0 amide bonds. The average molecular weight is 345 g/mol. The minimum absolute atomic E-state index is 0. The SMILES string of the molecule is CC.C[SiH2][O][AlH-]([O]O)[O][SiH2]O.OO.[K+].[Na+].[OH-].[OH-]. The van der Waals surface area contributed by atoms with Crippen LogP contribution in [0.5, 0.6) is 0 Å². The molecule has 0 heterocycles. The van der Waals surface area contributed by atoms with Crippen LogP contribution in [0, 0.1) is 0 Å².